The summed E-state index contributed by atoms with van der Waals surface area (Å²) in [6, 6.07) is 2.75. The van der Waals surface area contributed by atoms with Gasteiger partial charge in [0.25, 0.3) is 0 Å². The van der Waals surface area contributed by atoms with Crippen LogP contribution in [0.3, 0.4) is 0 Å². The van der Waals surface area contributed by atoms with Crippen molar-refractivity contribution in [2.45, 2.75) is 18.6 Å². The molecule has 7 heteroatoms. The van der Waals surface area contributed by atoms with Crippen LogP contribution in [0, 0.1) is 0 Å². The smallest absolute Gasteiger partial charge is 0.314 e. The number of hydrogen-bond donors (Lipinski definition) is 1. The van der Waals surface area contributed by atoms with Crippen molar-refractivity contribution >= 4 is 22.9 Å². The second-order valence-electron chi connectivity index (χ2n) is 4.26. The monoisotopic (exact) mass is 298 g/mol. The van der Waals surface area contributed by atoms with Crippen LogP contribution in [0.4, 0.5) is 13.2 Å². The summed E-state index contributed by atoms with van der Waals surface area (Å²) in [5, 5.41) is 3.14. The van der Waals surface area contributed by atoms with Crippen molar-refractivity contribution in [3.8, 4) is 0 Å². The molecule has 0 aromatic carbocycles. The third-order valence-corrected chi connectivity index (χ3v) is 4.27. The average molecular weight is 299 g/mol. The highest BCUT2D eigenvalue weighted by Crippen LogP contribution is 2.38. The largest absolute Gasteiger partial charge is 0.390 e. The Morgan fingerprint density at radius 3 is 2.50 bits per heavy atom. The fourth-order valence-electron chi connectivity index (χ4n) is 2.13. The van der Waals surface area contributed by atoms with E-state index in [1.165, 1.54) is 11.3 Å². The van der Waals surface area contributed by atoms with Crippen LogP contribution in [0.5, 0.6) is 0 Å². The van der Waals surface area contributed by atoms with Crippen molar-refractivity contribution in [2.24, 2.45) is 0 Å². The molecule has 1 fully saturated rings. The predicted octanol–water partition coefficient (Wildman–Crippen LogP) is 3.30. The second kappa shape index (κ2) is 5.77. The van der Waals surface area contributed by atoms with Gasteiger partial charge in [0.1, 0.15) is 0 Å². The summed E-state index contributed by atoms with van der Waals surface area (Å²) >= 11 is 7.05. The predicted molar refractivity (Wildman–Crippen MR) is 67.2 cm³/mol. The lowest BCUT2D eigenvalue weighted by atomic mass is 10.1. The third-order valence-electron chi connectivity index (χ3n) is 2.94. The number of nitrogens with one attached hydrogen (secondary N) is 1. The molecule has 1 aliphatic rings. The van der Waals surface area contributed by atoms with E-state index >= 15 is 0 Å². The van der Waals surface area contributed by atoms with Gasteiger partial charge in [0.15, 0.2) is 0 Å². The minimum Gasteiger partial charge on any atom is -0.314 e. The Balaban J connectivity index is 2.16. The molecule has 2 nitrogen and oxygen atoms in total. The summed E-state index contributed by atoms with van der Waals surface area (Å²) < 4.78 is 38.6. The zero-order valence-corrected chi connectivity index (χ0v) is 11.2. The second-order valence-corrected chi connectivity index (χ2v) is 6.01. The number of halogens is 4. The van der Waals surface area contributed by atoms with Gasteiger partial charge >= 0.3 is 6.18 Å². The molecule has 0 unspecified atom stereocenters. The highest BCUT2D eigenvalue weighted by atomic mass is 35.5. The molecule has 0 bridgehead atoms. The number of alkyl halides is 3. The van der Waals surface area contributed by atoms with E-state index in [-0.39, 0.29) is 0 Å². The average Bonchev–Trinajstić information content (AvgIpc) is 2.73. The van der Waals surface area contributed by atoms with Crippen LogP contribution in [-0.4, -0.2) is 37.3 Å². The lowest BCUT2D eigenvalue weighted by Crippen LogP contribution is -2.45. The zero-order valence-electron chi connectivity index (χ0n) is 9.63. The van der Waals surface area contributed by atoms with E-state index in [4.69, 9.17) is 11.6 Å². The van der Waals surface area contributed by atoms with Crippen LogP contribution in [0.2, 0.25) is 4.34 Å². The van der Waals surface area contributed by atoms with Gasteiger partial charge in [-0.1, -0.05) is 11.6 Å². The summed E-state index contributed by atoms with van der Waals surface area (Å²) in [7, 11) is 0. The first kappa shape index (κ1) is 14.1. The molecule has 1 N–H and O–H groups in total. The van der Waals surface area contributed by atoms with E-state index < -0.39 is 18.6 Å². The maximum atomic E-state index is 12.7. The van der Waals surface area contributed by atoms with Gasteiger partial charge < -0.3 is 5.32 Å². The first-order valence-electron chi connectivity index (χ1n) is 5.72. The lowest BCUT2D eigenvalue weighted by molar-refractivity contribution is -0.148. The molecule has 2 heterocycles. The number of nitrogens with zero attached hydrogens (tertiary/aromatic N) is 1. The van der Waals surface area contributed by atoms with Crippen LogP contribution < -0.4 is 5.32 Å². The summed E-state index contributed by atoms with van der Waals surface area (Å²) in [5.74, 6) is 0. The molecule has 1 aliphatic heterocycles. The minimum atomic E-state index is -4.16. The fraction of sp³-hybridized carbons (Fsp3) is 0.636. The van der Waals surface area contributed by atoms with E-state index in [2.05, 4.69) is 5.32 Å². The van der Waals surface area contributed by atoms with Gasteiger partial charge in [-0.2, -0.15) is 13.2 Å². The molecule has 18 heavy (non-hydrogen) atoms. The van der Waals surface area contributed by atoms with Gasteiger partial charge in [-0.3, -0.25) is 4.90 Å². The molecule has 1 aromatic rings. The highest BCUT2D eigenvalue weighted by Gasteiger charge is 2.36. The normalized spacial score (nSPS) is 20.0. The van der Waals surface area contributed by atoms with E-state index in [0.717, 1.165) is 13.1 Å². The molecule has 1 aromatic heterocycles. The van der Waals surface area contributed by atoms with Crippen molar-refractivity contribution in [1.29, 1.82) is 0 Å². The molecule has 1 saturated heterocycles. The fourth-order valence-corrected chi connectivity index (χ4v) is 3.33. The molecule has 0 spiro atoms. The zero-order chi connectivity index (χ0) is 13.2. The van der Waals surface area contributed by atoms with Gasteiger partial charge in [0.05, 0.1) is 16.8 Å². The van der Waals surface area contributed by atoms with Crippen molar-refractivity contribution in [2.75, 3.05) is 26.2 Å². The Hall–Kier alpha value is -0.300. The molecule has 0 radical (unpaired) electrons. The van der Waals surface area contributed by atoms with E-state index in [1.54, 1.807) is 12.1 Å². The number of rotatable bonds is 3. The molecule has 1 atom stereocenters. The lowest BCUT2D eigenvalue weighted by Gasteiger charge is -2.34. The van der Waals surface area contributed by atoms with Crippen molar-refractivity contribution < 1.29 is 13.2 Å². The van der Waals surface area contributed by atoms with E-state index in [1.807, 2.05) is 4.90 Å². The SMILES string of the molecule is FC(F)(F)C[C@@H](c1ccc(Cl)s1)N1CCNCC1. The Labute approximate surface area is 113 Å². The van der Waals surface area contributed by atoms with Gasteiger partial charge in [-0.15, -0.1) is 11.3 Å². The van der Waals surface area contributed by atoms with Crippen LogP contribution >= 0.6 is 22.9 Å². The number of hydrogen-bond acceptors (Lipinski definition) is 3. The summed E-state index contributed by atoms with van der Waals surface area (Å²) in [6.45, 7) is 2.73. The van der Waals surface area contributed by atoms with Crippen LogP contribution in [0.25, 0.3) is 0 Å². The first-order chi connectivity index (χ1) is 8.46. The van der Waals surface area contributed by atoms with Gasteiger partial charge in [-0.25, -0.2) is 0 Å². The molecule has 2 rings (SSSR count). The molecule has 0 saturated carbocycles. The summed E-state index contributed by atoms with van der Waals surface area (Å²) in [5.41, 5.74) is 0. The Morgan fingerprint density at radius 1 is 1.33 bits per heavy atom. The first-order valence-corrected chi connectivity index (χ1v) is 6.92. The van der Waals surface area contributed by atoms with E-state index in [9.17, 15) is 13.2 Å². The quantitative estimate of drug-likeness (QED) is 0.921. The molecular weight excluding hydrogens is 285 g/mol. The molecular formula is C11H14ClF3N2S. The Morgan fingerprint density at radius 2 is 2.00 bits per heavy atom. The maximum Gasteiger partial charge on any atom is 0.390 e. The topological polar surface area (TPSA) is 15.3 Å². The third kappa shape index (κ3) is 3.85. The van der Waals surface area contributed by atoms with Crippen molar-refractivity contribution in [3.05, 3.63) is 21.3 Å². The van der Waals surface area contributed by atoms with Crippen LogP contribution in [0.1, 0.15) is 17.3 Å². The molecule has 0 amide bonds. The molecule has 102 valence electrons. The minimum absolute atomic E-state index is 0.535. The van der Waals surface area contributed by atoms with Gasteiger partial charge in [-0.05, 0) is 12.1 Å². The highest BCUT2D eigenvalue weighted by molar-refractivity contribution is 7.16. The van der Waals surface area contributed by atoms with Gasteiger partial charge in [0.2, 0.25) is 0 Å². The maximum absolute atomic E-state index is 12.7. The van der Waals surface area contributed by atoms with E-state index in [0.29, 0.717) is 22.3 Å². The van der Waals surface area contributed by atoms with Crippen molar-refractivity contribution in [3.63, 3.8) is 0 Å². The Kier molecular flexibility index (Phi) is 4.53. The van der Waals surface area contributed by atoms with Gasteiger partial charge in [0, 0.05) is 31.1 Å². The summed E-state index contributed by atoms with van der Waals surface area (Å²) in [4.78, 5) is 2.57. The molecule has 0 aliphatic carbocycles. The van der Waals surface area contributed by atoms with Crippen LogP contribution in [-0.2, 0) is 0 Å². The summed E-state index contributed by atoms with van der Waals surface area (Å²) in [6.07, 6.45) is -4.98. The van der Waals surface area contributed by atoms with Crippen molar-refractivity contribution in [1.82, 2.24) is 10.2 Å². The standard InChI is InChI=1S/C11H14ClF3N2S/c12-10-2-1-9(18-10)8(7-11(13,14)15)17-5-3-16-4-6-17/h1-2,8,16H,3-7H2/t8-/m0/s1. The van der Waals surface area contributed by atoms with Crippen LogP contribution in [0.15, 0.2) is 12.1 Å². The number of piperazine rings is 1. The Bertz CT molecular complexity index is 388. The number of thiophene rings is 1.